The summed E-state index contributed by atoms with van der Waals surface area (Å²) >= 11 is 0. The molecular weight excluding hydrogens is 290 g/mol. The summed E-state index contributed by atoms with van der Waals surface area (Å²) in [5.41, 5.74) is 1.32. The second kappa shape index (κ2) is 6.43. The van der Waals surface area contributed by atoms with Crippen LogP contribution in [0.4, 0.5) is 5.82 Å². The summed E-state index contributed by atoms with van der Waals surface area (Å²) in [5, 5.41) is 6.00. The number of amides is 1. The summed E-state index contributed by atoms with van der Waals surface area (Å²) in [6, 6.07) is 3.37. The summed E-state index contributed by atoms with van der Waals surface area (Å²) in [4.78, 5) is 16.6. The average molecular weight is 311 g/mol. The number of hydrogen-bond donors (Lipinski definition) is 2. The minimum atomic E-state index is -2.91. The Morgan fingerprint density at radius 3 is 2.62 bits per heavy atom. The number of rotatable bonds is 4. The first-order valence-corrected chi connectivity index (χ1v) is 8.95. The van der Waals surface area contributed by atoms with E-state index in [1.807, 2.05) is 13.8 Å². The molecule has 2 N–H and O–H groups in total. The lowest BCUT2D eigenvalue weighted by molar-refractivity contribution is 0.0934. The third-order valence-electron chi connectivity index (χ3n) is 3.46. The van der Waals surface area contributed by atoms with Crippen LogP contribution in [0.15, 0.2) is 12.1 Å². The number of aryl methyl sites for hydroxylation is 1. The highest BCUT2D eigenvalue weighted by atomic mass is 32.2. The van der Waals surface area contributed by atoms with E-state index in [0.717, 1.165) is 12.2 Å². The molecule has 0 aliphatic carbocycles. The Balaban J connectivity index is 2.03. The van der Waals surface area contributed by atoms with Crippen LogP contribution < -0.4 is 10.6 Å². The fraction of sp³-hybridized carbons (Fsp3) is 0.571. The molecule has 0 spiro atoms. The molecular formula is C14H21N3O3S. The molecule has 1 saturated heterocycles. The summed E-state index contributed by atoms with van der Waals surface area (Å²) < 4.78 is 22.8. The molecule has 1 aliphatic heterocycles. The maximum Gasteiger partial charge on any atom is 0.251 e. The van der Waals surface area contributed by atoms with Crippen molar-refractivity contribution in [3.05, 3.63) is 23.4 Å². The van der Waals surface area contributed by atoms with Gasteiger partial charge in [0.1, 0.15) is 15.7 Å². The first kappa shape index (κ1) is 15.8. The fourth-order valence-corrected chi connectivity index (χ4v) is 3.87. The Hall–Kier alpha value is -1.63. The molecule has 1 aromatic rings. The van der Waals surface area contributed by atoms with Gasteiger partial charge in [-0.2, -0.15) is 0 Å². The minimum Gasteiger partial charge on any atom is -0.370 e. The molecule has 2 rings (SSSR count). The van der Waals surface area contributed by atoms with Crippen molar-refractivity contribution in [2.75, 3.05) is 23.4 Å². The van der Waals surface area contributed by atoms with Crippen LogP contribution in [0.1, 0.15) is 35.8 Å². The zero-order valence-corrected chi connectivity index (χ0v) is 13.2. The lowest BCUT2D eigenvalue weighted by Gasteiger charge is -2.23. The van der Waals surface area contributed by atoms with Gasteiger partial charge in [-0.15, -0.1) is 0 Å². The van der Waals surface area contributed by atoms with E-state index in [2.05, 4.69) is 15.6 Å². The van der Waals surface area contributed by atoms with Crippen LogP contribution in [0, 0.1) is 6.92 Å². The van der Waals surface area contributed by atoms with Crippen molar-refractivity contribution in [2.24, 2.45) is 0 Å². The molecule has 1 aromatic heterocycles. The molecule has 0 radical (unpaired) electrons. The van der Waals surface area contributed by atoms with E-state index in [4.69, 9.17) is 0 Å². The van der Waals surface area contributed by atoms with Gasteiger partial charge in [0, 0.05) is 23.8 Å². The summed E-state index contributed by atoms with van der Waals surface area (Å²) in [7, 11) is -2.91. The lowest BCUT2D eigenvalue weighted by Crippen LogP contribution is -2.40. The number of nitrogens with zero attached hydrogens (tertiary/aromatic N) is 1. The number of sulfone groups is 1. The number of carbonyl (C=O) groups excluding carboxylic acids is 1. The van der Waals surface area contributed by atoms with E-state index in [1.165, 1.54) is 0 Å². The predicted molar refractivity (Wildman–Crippen MR) is 82.3 cm³/mol. The minimum absolute atomic E-state index is 0.0721. The third-order valence-corrected chi connectivity index (χ3v) is 5.18. The Bertz CT molecular complexity index is 614. The van der Waals surface area contributed by atoms with E-state index in [1.54, 1.807) is 12.1 Å². The van der Waals surface area contributed by atoms with Gasteiger partial charge in [0.05, 0.1) is 11.5 Å². The number of hydrogen-bond acceptors (Lipinski definition) is 5. The maximum atomic E-state index is 12.3. The zero-order chi connectivity index (χ0) is 15.5. The molecule has 1 amide bonds. The van der Waals surface area contributed by atoms with Crippen molar-refractivity contribution in [3.8, 4) is 0 Å². The largest absolute Gasteiger partial charge is 0.370 e. The summed E-state index contributed by atoms with van der Waals surface area (Å²) in [6.45, 7) is 4.54. The van der Waals surface area contributed by atoms with Crippen LogP contribution in [0.25, 0.3) is 0 Å². The van der Waals surface area contributed by atoms with Crippen LogP contribution >= 0.6 is 0 Å². The van der Waals surface area contributed by atoms with Crippen molar-refractivity contribution in [2.45, 2.75) is 32.7 Å². The van der Waals surface area contributed by atoms with Crippen LogP contribution in [-0.2, 0) is 9.84 Å². The number of aromatic nitrogens is 1. The van der Waals surface area contributed by atoms with Gasteiger partial charge < -0.3 is 10.6 Å². The topological polar surface area (TPSA) is 88.2 Å². The van der Waals surface area contributed by atoms with Crippen molar-refractivity contribution >= 4 is 21.6 Å². The van der Waals surface area contributed by atoms with Gasteiger partial charge in [0.2, 0.25) is 0 Å². The van der Waals surface area contributed by atoms with E-state index >= 15 is 0 Å². The molecule has 1 fully saturated rings. The molecule has 7 heteroatoms. The molecule has 1 aliphatic rings. The molecule has 0 bridgehead atoms. The van der Waals surface area contributed by atoms with Crippen molar-refractivity contribution in [3.63, 3.8) is 0 Å². The highest BCUT2D eigenvalue weighted by Crippen LogP contribution is 2.14. The second-order valence-corrected chi connectivity index (χ2v) is 7.62. The highest BCUT2D eigenvalue weighted by molar-refractivity contribution is 7.91. The molecule has 116 valence electrons. The molecule has 0 aromatic carbocycles. The predicted octanol–water partition coefficient (Wildman–Crippen LogP) is 1.13. The van der Waals surface area contributed by atoms with Gasteiger partial charge in [-0.3, -0.25) is 4.79 Å². The van der Waals surface area contributed by atoms with E-state index in [0.29, 0.717) is 24.2 Å². The number of anilines is 1. The third kappa shape index (κ3) is 4.42. The Morgan fingerprint density at radius 1 is 1.33 bits per heavy atom. The van der Waals surface area contributed by atoms with E-state index < -0.39 is 9.84 Å². The van der Waals surface area contributed by atoms with Gasteiger partial charge in [0.25, 0.3) is 5.91 Å². The molecule has 0 atom stereocenters. The number of pyridine rings is 1. The summed E-state index contributed by atoms with van der Waals surface area (Å²) in [5.74, 6) is 0.796. The molecule has 2 heterocycles. The van der Waals surface area contributed by atoms with Crippen LogP contribution in [0.2, 0.25) is 0 Å². The SMILES string of the molecule is CCNc1cc(C(=O)NC2CCS(=O)(=O)CC2)cc(C)n1. The normalized spacial score (nSPS) is 18.2. The van der Waals surface area contributed by atoms with Gasteiger partial charge in [-0.05, 0) is 38.8 Å². The fourth-order valence-electron chi connectivity index (χ4n) is 2.37. The standard InChI is InChI=1S/C14H21N3O3S/c1-3-15-13-9-11(8-10(2)16-13)14(18)17-12-4-6-21(19,20)7-5-12/h8-9,12H,3-7H2,1-2H3,(H,15,16)(H,17,18). The Morgan fingerprint density at radius 2 is 2.00 bits per heavy atom. The smallest absolute Gasteiger partial charge is 0.251 e. The molecule has 21 heavy (non-hydrogen) atoms. The number of carbonyl (C=O) groups is 1. The average Bonchev–Trinajstić information content (AvgIpc) is 2.41. The Labute approximate surface area is 125 Å². The Kier molecular flexibility index (Phi) is 4.82. The first-order valence-electron chi connectivity index (χ1n) is 7.13. The van der Waals surface area contributed by atoms with Gasteiger partial charge in [-0.25, -0.2) is 13.4 Å². The highest BCUT2D eigenvalue weighted by Gasteiger charge is 2.25. The maximum absolute atomic E-state index is 12.3. The van der Waals surface area contributed by atoms with Gasteiger partial charge in [-0.1, -0.05) is 0 Å². The monoisotopic (exact) mass is 311 g/mol. The molecule has 6 nitrogen and oxygen atoms in total. The van der Waals surface area contributed by atoms with Crippen LogP contribution in [0.3, 0.4) is 0 Å². The molecule has 0 saturated carbocycles. The first-order chi connectivity index (χ1) is 9.89. The van der Waals surface area contributed by atoms with Crippen molar-refractivity contribution in [1.29, 1.82) is 0 Å². The van der Waals surface area contributed by atoms with E-state index in [-0.39, 0.29) is 23.5 Å². The summed E-state index contributed by atoms with van der Waals surface area (Å²) in [6.07, 6.45) is 0.969. The quantitative estimate of drug-likeness (QED) is 0.870. The molecule has 0 unspecified atom stereocenters. The van der Waals surface area contributed by atoms with Crippen molar-refractivity contribution < 1.29 is 13.2 Å². The van der Waals surface area contributed by atoms with Crippen LogP contribution in [0.5, 0.6) is 0 Å². The second-order valence-electron chi connectivity index (χ2n) is 5.31. The van der Waals surface area contributed by atoms with E-state index in [9.17, 15) is 13.2 Å². The van der Waals surface area contributed by atoms with Crippen molar-refractivity contribution in [1.82, 2.24) is 10.3 Å². The lowest BCUT2D eigenvalue weighted by atomic mass is 10.1. The van der Waals surface area contributed by atoms with Crippen LogP contribution in [-0.4, -0.2) is 43.4 Å². The zero-order valence-electron chi connectivity index (χ0n) is 12.3. The number of nitrogens with one attached hydrogen (secondary N) is 2. The van der Waals surface area contributed by atoms with Gasteiger partial charge >= 0.3 is 0 Å². The van der Waals surface area contributed by atoms with Gasteiger partial charge in [0.15, 0.2) is 0 Å².